The predicted octanol–water partition coefficient (Wildman–Crippen LogP) is 1.99. The van der Waals surface area contributed by atoms with E-state index in [2.05, 4.69) is 4.99 Å². The number of hydrogen-bond donors (Lipinski definition) is 1. The van der Waals surface area contributed by atoms with Gasteiger partial charge < -0.3 is 14.9 Å². The molecule has 3 aliphatic rings. The van der Waals surface area contributed by atoms with Gasteiger partial charge in [-0.25, -0.2) is 12.8 Å². The van der Waals surface area contributed by atoms with E-state index in [4.69, 9.17) is 0 Å². The summed E-state index contributed by atoms with van der Waals surface area (Å²) in [6.45, 7) is 0.399. The van der Waals surface area contributed by atoms with Crippen LogP contribution >= 0.6 is 0 Å². The zero-order chi connectivity index (χ0) is 24.2. The largest absolute Gasteiger partial charge is 0.505 e. The van der Waals surface area contributed by atoms with Crippen LogP contribution in [0.25, 0.3) is 0 Å². The van der Waals surface area contributed by atoms with Crippen LogP contribution in [-0.4, -0.2) is 66.6 Å². The Morgan fingerprint density at radius 1 is 1.24 bits per heavy atom. The van der Waals surface area contributed by atoms with E-state index in [1.165, 1.54) is 21.9 Å². The molecule has 1 fully saturated rings. The maximum Gasteiger partial charge on any atom is 0.258 e. The number of aliphatic imine (C=N–C) groups is 1. The minimum absolute atomic E-state index is 0.0498. The van der Waals surface area contributed by atoms with Crippen LogP contribution in [0.3, 0.4) is 0 Å². The molecule has 178 valence electrons. The molecule has 34 heavy (non-hydrogen) atoms. The van der Waals surface area contributed by atoms with Crippen molar-refractivity contribution in [2.45, 2.75) is 25.8 Å². The fourth-order valence-corrected chi connectivity index (χ4v) is 6.35. The van der Waals surface area contributed by atoms with Crippen LogP contribution in [0, 0.1) is 11.7 Å². The van der Waals surface area contributed by atoms with Crippen LogP contribution in [0.2, 0.25) is 0 Å². The highest BCUT2D eigenvalue weighted by atomic mass is 32.2. The van der Waals surface area contributed by atoms with Gasteiger partial charge in [-0.2, -0.15) is 0 Å². The second-order valence-electron chi connectivity index (χ2n) is 9.15. The number of phenolic OH excluding ortho intramolecular Hbond substituents is 1. The Bertz CT molecular complexity index is 1340. The minimum Gasteiger partial charge on any atom is -0.505 e. The predicted molar refractivity (Wildman–Crippen MR) is 123 cm³/mol. The average molecular weight is 486 g/mol. The Balaban J connectivity index is 1.52. The van der Waals surface area contributed by atoms with E-state index in [-0.39, 0.29) is 71.7 Å². The first-order valence-electron chi connectivity index (χ1n) is 11.0. The van der Waals surface area contributed by atoms with Crippen molar-refractivity contribution in [3.05, 3.63) is 57.9 Å². The van der Waals surface area contributed by atoms with Gasteiger partial charge in [-0.15, -0.1) is 0 Å². The molecule has 0 saturated carbocycles. The van der Waals surface area contributed by atoms with Gasteiger partial charge in [0.05, 0.1) is 17.7 Å². The Labute approximate surface area is 196 Å². The Kier molecular flexibility index (Phi) is 5.43. The molecule has 0 aromatic heterocycles. The standard InChI is InChI=1S/C24H24FN3O5S/c1-27-12-19-17(10-20(29)28-6-7-34(32,33)13-28)18-9-15(8-14-2-4-16(25)5-3-14)11-26-22(18)23(30)21(19)24(27)31/h2-5,11,15,30H,6-10,12-13H2,1H3. The summed E-state index contributed by atoms with van der Waals surface area (Å²) >= 11 is 0. The number of nitrogens with zero attached hydrogens (tertiary/aromatic N) is 3. The van der Waals surface area contributed by atoms with Crippen LogP contribution in [-0.2, 0) is 40.4 Å². The zero-order valence-electron chi connectivity index (χ0n) is 18.6. The topological polar surface area (TPSA) is 107 Å². The van der Waals surface area contributed by atoms with E-state index in [1.54, 1.807) is 25.4 Å². The van der Waals surface area contributed by atoms with Gasteiger partial charge in [0.15, 0.2) is 15.6 Å². The second kappa shape index (κ2) is 8.19. The van der Waals surface area contributed by atoms with Gasteiger partial charge in [-0.1, -0.05) is 12.1 Å². The maximum atomic E-state index is 13.3. The second-order valence-corrected chi connectivity index (χ2v) is 11.3. The highest BCUT2D eigenvalue weighted by molar-refractivity contribution is 7.91. The maximum absolute atomic E-state index is 13.3. The smallest absolute Gasteiger partial charge is 0.258 e. The molecule has 5 rings (SSSR count). The summed E-state index contributed by atoms with van der Waals surface area (Å²) in [5.74, 6) is -1.58. The van der Waals surface area contributed by atoms with E-state index in [0.29, 0.717) is 29.5 Å². The van der Waals surface area contributed by atoms with Crippen LogP contribution < -0.4 is 0 Å². The Morgan fingerprint density at radius 2 is 1.97 bits per heavy atom. The zero-order valence-corrected chi connectivity index (χ0v) is 19.4. The van der Waals surface area contributed by atoms with Crippen molar-refractivity contribution in [2.75, 3.05) is 25.2 Å². The number of aromatic hydroxyl groups is 1. The number of fused-ring (bicyclic) bond motifs is 2. The Morgan fingerprint density at radius 3 is 2.65 bits per heavy atom. The number of carbonyl (C=O) groups is 2. The molecule has 0 radical (unpaired) electrons. The molecule has 2 amide bonds. The van der Waals surface area contributed by atoms with Crippen LogP contribution in [0.4, 0.5) is 10.1 Å². The summed E-state index contributed by atoms with van der Waals surface area (Å²) in [6.07, 6.45) is 2.73. The van der Waals surface area contributed by atoms with Crippen molar-refractivity contribution in [1.82, 2.24) is 9.80 Å². The van der Waals surface area contributed by atoms with E-state index in [0.717, 1.165) is 5.56 Å². The van der Waals surface area contributed by atoms with Gasteiger partial charge in [-0.05, 0) is 47.2 Å². The molecule has 1 saturated heterocycles. The van der Waals surface area contributed by atoms with E-state index in [1.807, 2.05) is 0 Å². The lowest BCUT2D eigenvalue weighted by Gasteiger charge is -2.25. The van der Waals surface area contributed by atoms with Gasteiger partial charge in [0.1, 0.15) is 17.4 Å². The molecule has 2 aromatic carbocycles. The van der Waals surface area contributed by atoms with Crippen LogP contribution in [0.5, 0.6) is 5.75 Å². The fourth-order valence-electron chi connectivity index (χ4n) is 4.98. The van der Waals surface area contributed by atoms with Crippen molar-refractivity contribution in [2.24, 2.45) is 10.9 Å². The number of rotatable bonds is 4. The quantitative estimate of drug-likeness (QED) is 0.713. The van der Waals surface area contributed by atoms with E-state index in [9.17, 15) is 27.5 Å². The first-order valence-corrected chi connectivity index (χ1v) is 12.9. The molecule has 3 heterocycles. The summed E-state index contributed by atoms with van der Waals surface area (Å²) in [5.41, 5.74) is 3.31. The number of phenols is 1. The van der Waals surface area contributed by atoms with Crippen LogP contribution in [0.1, 0.15) is 32.6 Å². The molecule has 2 aromatic rings. The summed E-state index contributed by atoms with van der Waals surface area (Å²) < 4.78 is 37.0. The van der Waals surface area contributed by atoms with Gasteiger partial charge in [0.25, 0.3) is 5.91 Å². The molecular formula is C24H24FN3O5S. The van der Waals surface area contributed by atoms with Crippen molar-refractivity contribution >= 4 is 33.6 Å². The molecule has 3 aliphatic heterocycles. The highest BCUT2D eigenvalue weighted by Gasteiger charge is 2.37. The Hall–Kier alpha value is -3.27. The lowest BCUT2D eigenvalue weighted by Crippen LogP contribution is -2.31. The van der Waals surface area contributed by atoms with Crippen molar-refractivity contribution in [3.63, 3.8) is 0 Å². The van der Waals surface area contributed by atoms with E-state index < -0.39 is 9.84 Å². The third-order valence-corrected chi connectivity index (χ3v) is 8.24. The number of sulfone groups is 1. The molecule has 1 N–H and O–H groups in total. The van der Waals surface area contributed by atoms with Gasteiger partial charge in [0, 0.05) is 32.3 Å². The van der Waals surface area contributed by atoms with Crippen LogP contribution in [0.15, 0.2) is 29.3 Å². The normalized spacial score (nSPS) is 20.5. The summed E-state index contributed by atoms with van der Waals surface area (Å²) in [7, 11) is -1.65. The number of carbonyl (C=O) groups excluding carboxylic acids is 2. The number of hydrogen-bond acceptors (Lipinski definition) is 6. The minimum atomic E-state index is -3.28. The highest BCUT2D eigenvalue weighted by Crippen LogP contribution is 2.46. The third-order valence-electron chi connectivity index (χ3n) is 6.73. The number of benzene rings is 2. The fraction of sp³-hybridized carbons (Fsp3) is 0.375. The molecule has 0 aliphatic carbocycles. The summed E-state index contributed by atoms with van der Waals surface area (Å²) in [4.78, 5) is 33.1. The molecular weight excluding hydrogens is 461 g/mol. The first kappa shape index (κ1) is 22.5. The molecule has 10 heteroatoms. The van der Waals surface area contributed by atoms with E-state index >= 15 is 0 Å². The van der Waals surface area contributed by atoms with Crippen molar-refractivity contribution < 1.29 is 27.5 Å². The van der Waals surface area contributed by atoms with Gasteiger partial charge in [-0.3, -0.25) is 14.6 Å². The monoisotopic (exact) mass is 485 g/mol. The summed E-state index contributed by atoms with van der Waals surface area (Å²) in [5, 5.41) is 10.9. The SMILES string of the molecule is CN1Cc2c(CC(=O)N3CCS(=O)(=O)C3)c3c(c(O)c2C1=O)N=CC(Cc1ccc(F)cc1)C3. The first-order chi connectivity index (χ1) is 16.1. The van der Waals surface area contributed by atoms with Crippen molar-refractivity contribution in [3.8, 4) is 5.75 Å². The summed E-state index contributed by atoms with van der Waals surface area (Å²) in [6, 6.07) is 6.23. The molecule has 0 spiro atoms. The number of amides is 2. The van der Waals surface area contributed by atoms with Gasteiger partial charge in [0.2, 0.25) is 5.91 Å². The van der Waals surface area contributed by atoms with Gasteiger partial charge >= 0.3 is 0 Å². The third kappa shape index (κ3) is 3.96. The molecule has 1 unspecified atom stereocenters. The number of halogens is 1. The molecule has 0 bridgehead atoms. The lowest BCUT2D eigenvalue weighted by atomic mass is 9.84. The molecule has 1 atom stereocenters. The average Bonchev–Trinajstić information content (AvgIpc) is 3.31. The van der Waals surface area contributed by atoms with Crippen molar-refractivity contribution in [1.29, 1.82) is 0 Å². The lowest BCUT2D eigenvalue weighted by molar-refractivity contribution is -0.129. The molecule has 8 nitrogen and oxygen atoms in total.